The molecule has 0 spiro atoms. The molecule has 3 aromatic heterocycles. The van der Waals surface area contributed by atoms with Gasteiger partial charge in [0.2, 0.25) is 0 Å². The molecule has 150 valence electrons. The minimum absolute atomic E-state index is 0.169. The van der Waals surface area contributed by atoms with Crippen LogP contribution in [0.5, 0.6) is 5.75 Å². The molecule has 0 saturated carbocycles. The molecule has 2 N–H and O–H groups in total. The van der Waals surface area contributed by atoms with E-state index in [1.807, 2.05) is 13.8 Å². The van der Waals surface area contributed by atoms with Gasteiger partial charge in [-0.15, -0.1) is 0 Å². The number of anilines is 1. The third kappa shape index (κ3) is 2.68. The summed E-state index contributed by atoms with van der Waals surface area (Å²) in [5, 5.41) is 3.05. The SMILES string of the molecule is CC1CCOc2ccnc3[nH]c(=O)n(c23)-c2ccc3c(n2)N(C1)C(C)(C)NC3=O. The lowest BCUT2D eigenvalue weighted by molar-refractivity contribution is 0.0894. The molecule has 1 amide bonds. The Hall–Kier alpha value is -3.36. The number of hydrogen-bond acceptors (Lipinski definition) is 6. The standard InChI is InChI=1S/C20H22N6O3/c1-11-7-9-29-13-6-8-21-16-15(13)26(19(28)23-16)14-5-4-12-17(22-14)25(10-11)20(2,3)24-18(12)27/h4-6,8,11H,7,9-10H2,1-3H3,(H,24,27)(H,21,23,28). The Morgan fingerprint density at radius 1 is 1.24 bits per heavy atom. The zero-order valence-corrected chi connectivity index (χ0v) is 16.5. The van der Waals surface area contributed by atoms with Crippen LogP contribution < -0.4 is 20.6 Å². The van der Waals surface area contributed by atoms with Crippen molar-refractivity contribution in [1.29, 1.82) is 0 Å². The Kier molecular flexibility index (Phi) is 3.71. The predicted molar refractivity (Wildman–Crippen MR) is 108 cm³/mol. The van der Waals surface area contributed by atoms with Crippen LogP contribution in [0.4, 0.5) is 5.82 Å². The fourth-order valence-corrected chi connectivity index (χ4v) is 4.05. The van der Waals surface area contributed by atoms with Crippen molar-refractivity contribution < 1.29 is 9.53 Å². The van der Waals surface area contributed by atoms with E-state index in [2.05, 4.69) is 27.1 Å². The van der Waals surface area contributed by atoms with Gasteiger partial charge >= 0.3 is 5.69 Å². The monoisotopic (exact) mass is 394 g/mol. The van der Waals surface area contributed by atoms with Crippen LogP contribution in [-0.2, 0) is 0 Å². The molecule has 2 bridgehead atoms. The minimum Gasteiger partial charge on any atom is -0.491 e. The van der Waals surface area contributed by atoms with Crippen molar-refractivity contribution in [2.24, 2.45) is 5.92 Å². The summed E-state index contributed by atoms with van der Waals surface area (Å²) < 4.78 is 7.49. The van der Waals surface area contributed by atoms with Crippen LogP contribution in [0.15, 0.2) is 29.2 Å². The zero-order valence-electron chi connectivity index (χ0n) is 16.5. The van der Waals surface area contributed by atoms with Gasteiger partial charge in [0.25, 0.3) is 5.91 Å². The van der Waals surface area contributed by atoms with Crippen molar-refractivity contribution in [2.75, 3.05) is 18.1 Å². The first-order valence-corrected chi connectivity index (χ1v) is 9.69. The molecule has 0 saturated heterocycles. The number of nitrogens with zero attached hydrogens (tertiary/aromatic N) is 4. The van der Waals surface area contributed by atoms with Crippen LogP contribution in [0.1, 0.15) is 37.6 Å². The van der Waals surface area contributed by atoms with Crippen LogP contribution in [0, 0.1) is 5.92 Å². The summed E-state index contributed by atoms with van der Waals surface area (Å²) in [5.74, 6) is 1.71. The molecule has 1 unspecified atom stereocenters. The van der Waals surface area contributed by atoms with Crippen molar-refractivity contribution in [1.82, 2.24) is 24.8 Å². The van der Waals surface area contributed by atoms with E-state index >= 15 is 0 Å². The fraction of sp³-hybridized carbons (Fsp3) is 0.400. The summed E-state index contributed by atoms with van der Waals surface area (Å²) in [6.45, 7) is 7.27. The quantitative estimate of drug-likeness (QED) is 0.603. The molecule has 0 radical (unpaired) electrons. The molecule has 0 aromatic carbocycles. The number of rotatable bonds is 0. The Morgan fingerprint density at radius 2 is 2.07 bits per heavy atom. The molecule has 0 fully saturated rings. The van der Waals surface area contributed by atoms with E-state index < -0.39 is 5.66 Å². The van der Waals surface area contributed by atoms with Crippen molar-refractivity contribution in [3.63, 3.8) is 0 Å². The van der Waals surface area contributed by atoms with Crippen molar-refractivity contribution in [3.05, 3.63) is 40.4 Å². The van der Waals surface area contributed by atoms with E-state index in [9.17, 15) is 9.59 Å². The molecule has 3 aromatic rings. The van der Waals surface area contributed by atoms with Crippen LogP contribution in [0.25, 0.3) is 17.0 Å². The Labute approximate surface area is 166 Å². The van der Waals surface area contributed by atoms with Gasteiger partial charge in [-0.2, -0.15) is 0 Å². The normalized spacial score (nSPS) is 20.4. The van der Waals surface area contributed by atoms with Crippen molar-refractivity contribution in [2.45, 2.75) is 32.9 Å². The maximum Gasteiger partial charge on any atom is 0.333 e. The second kappa shape index (κ2) is 6.07. The first kappa shape index (κ1) is 17.7. The lowest BCUT2D eigenvalue weighted by Crippen LogP contribution is -2.61. The molecule has 2 aliphatic rings. The summed E-state index contributed by atoms with van der Waals surface area (Å²) in [4.78, 5) is 39.3. The van der Waals surface area contributed by atoms with Gasteiger partial charge in [0.15, 0.2) is 5.65 Å². The van der Waals surface area contributed by atoms with E-state index in [-0.39, 0.29) is 11.6 Å². The fourth-order valence-electron chi connectivity index (χ4n) is 4.05. The molecule has 9 heteroatoms. The summed E-state index contributed by atoms with van der Waals surface area (Å²) >= 11 is 0. The van der Waals surface area contributed by atoms with Crippen LogP contribution in [0.2, 0.25) is 0 Å². The first-order chi connectivity index (χ1) is 13.8. The number of fused-ring (bicyclic) bond motifs is 2. The zero-order chi connectivity index (χ0) is 20.3. The molecule has 29 heavy (non-hydrogen) atoms. The average Bonchev–Trinajstić information content (AvgIpc) is 3.00. The molecule has 5 heterocycles. The largest absolute Gasteiger partial charge is 0.491 e. The molecular formula is C20H22N6O3. The van der Waals surface area contributed by atoms with Gasteiger partial charge in [-0.25, -0.2) is 19.3 Å². The number of carbonyl (C=O) groups is 1. The Morgan fingerprint density at radius 3 is 2.90 bits per heavy atom. The number of nitrogens with one attached hydrogen (secondary N) is 2. The van der Waals surface area contributed by atoms with E-state index in [4.69, 9.17) is 9.72 Å². The number of amides is 1. The second-order valence-corrected chi connectivity index (χ2v) is 8.18. The van der Waals surface area contributed by atoms with Gasteiger partial charge in [0.1, 0.15) is 28.6 Å². The van der Waals surface area contributed by atoms with E-state index in [0.717, 1.165) is 6.42 Å². The Bertz CT molecular complexity index is 1190. The number of H-pyrrole nitrogens is 1. The first-order valence-electron chi connectivity index (χ1n) is 9.69. The highest BCUT2D eigenvalue weighted by molar-refractivity contribution is 6.01. The molecule has 5 rings (SSSR count). The van der Waals surface area contributed by atoms with Gasteiger partial charge in [-0.3, -0.25) is 9.78 Å². The summed E-state index contributed by atoms with van der Waals surface area (Å²) in [5.41, 5.74) is 0.524. The van der Waals surface area contributed by atoms with Crippen LogP contribution in [0.3, 0.4) is 0 Å². The number of pyridine rings is 2. The van der Waals surface area contributed by atoms with E-state index in [0.29, 0.717) is 53.2 Å². The minimum atomic E-state index is -0.604. The molecular weight excluding hydrogens is 372 g/mol. The average molecular weight is 394 g/mol. The van der Waals surface area contributed by atoms with Crippen molar-refractivity contribution in [3.8, 4) is 11.6 Å². The summed E-state index contributed by atoms with van der Waals surface area (Å²) in [6.07, 6.45) is 2.43. The lowest BCUT2D eigenvalue weighted by atomic mass is 10.0. The lowest BCUT2D eigenvalue weighted by Gasteiger charge is -2.45. The van der Waals surface area contributed by atoms with E-state index in [1.165, 1.54) is 4.57 Å². The van der Waals surface area contributed by atoms with Crippen molar-refractivity contribution >= 4 is 22.9 Å². The third-order valence-electron chi connectivity index (χ3n) is 5.59. The molecule has 9 nitrogen and oxygen atoms in total. The summed E-state index contributed by atoms with van der Waals surface area (Å²) in [6, 6.07) is 5.15. The number of carbonyl (C=O) groups excluding carboxylic acids is 1. The van der Waals surface area contributed by atoms with Gasteiger partial charge in [-0.1, -0.05) is 6.92 Å². The van der Waals surface area contributed by atoms with Gasteiger partial charge < -0.3 is 15.0 Å². The molecule has 0 aliphatic carbocycles. The number of ether oxygens (including phenoxy) is 1. The topological polar surface area (TPSA) is 105 Å². The number of aromatic nitrogens is 4. The van der Waals surface area contributed by atoms with Crippen LogP contribution in [-0.4, -0.2) is 44.2 Å². The number of imidazole rings is 1. The Balaban J connectivity index is 1.82. The third-order valence-corrected chi connectivity index (χ3v) is 5.59. The number of aromatic amines is 1. The summed E-state index contributed by atoms with van der Waals surface area (Å²) in [7, 11) is 0. The van der Waals surface area contributed by atoms with Gasteiger partial charge in [0.05, 0.1) is 12.2 Å². The maximum absolute atomic E-state index is 12.8. The second-order valence-electron chi connectivity index (χ2n) is 8.18. The maximum atomic E-state index is 12.8. The molecule has 2 aliphatic heterocycles. The highest BCUT2D eigenvalue weighted by Crippen LogP contribution is 2.33. The van der Waals surface area contributed by atoms with E-state index in [1.54, 1.807) is 24.4 Å². The highest BCUT2D eigenvalue weighted by Gasteiger charge is 2.38. The smallest absolute Gasteiger partial charge is 0.333 e. The molecule has 1 atom stereocenters. The highest BCUT2D eigenvalue weighted by atomic mass is 16.5. The van der Waals surface area contributed by atoms with Gasteiger partial charge in [-0.05, 0) is 38.3 Å². The predicted octanol–water partition coefficient (Wildman–Crippen LogP) is 1.81. The van der Waals surface area contributed by atoms with Crippen LogP contribution >= 0.6 is 0 Å². The van der Waals surface area contributed by atoms with Gasteiger partial charge in [0, 0.05) is 18.8 Å². The number of hydrogen-bond donors (Lipinski definition) is 2.